The van der Waals surface area contributed by atoms with E-state index in [9.17, 15) is 5.11 Å². The Labute approximate surface area is 140 Å². The standard InChI is InChI=1S/C15H22BrNO3.ClH/c1-19-12-8-11(16)13(20-2)7-10(12)14(17)15(18)9-5-3-4-6-9;/h7-9,14-15,18H,3-6,17H2,1-2H3;1H/t14-,15+;/m0./s1. The van der Waals surface area contributed by atoms with E-state index in [-0.39, 0.29) is 18.3 Å². The molecule has 4 nitrogen and oxygen atoms in total. The molecule has 1 fully saturated rings. The number of benzene rings is 1. The molecule has 2 atom stereocenters. The molecule has 0 saturated heterocycles. The van der Waals surface area contributed by atoms with E-state index in [1.54, 1.807) is 14.2 Å². The second kappa shape index (κ2) is 8.22. The van der Waals surface area contributed by atoms with Gasteiger partial charge in [-0.1, -0.05) is 12.8 Å². The molecule has 0 unspecified atom stereocenters. The number of aliphatic hydroxyl groups excluding tert-OH is 1. The average Bonchev–Trinajstić information content (AvgIpc) is 2.99. The van der Waals surface area contributed by atoms with Crippen molar-refractivity contribution in [2.45, 2.75) is 37.8 Å². The lowest BCUT2D eigenvalue weighted by atomic mass is 9.90. The Bertz CT molecular complexity index is 466. The van der Waals surface area contributed by atoms with Crippen LogP contribution in [0.3, 0.4) is 0 Å². The minimum absolute atomic E-state index is 0. The number of aliphatic hydroxyl groups is 1. The summed E-state index contributed by atoms with van der Waals surface area (Å²) in [5, 5.41) is 10.5. The molecular weight excluding hydrogens is 358 g/mol. The van der Waals surface area contributed by atoms with Gasteiger partial charge in [0.1, 0.15) is 11.5 Å². The van der Waals surface area contributed by atoms with Crippen molar-refractivity contribution >= 4 is 28.3 Å². The largest absolute Gasteiger partial charge is 0.496 e. The minimum Gasteiger partial charge on any atom is -0.496 e. The third kappa shape index (κ3) is 4.03. The van der Waals surface area contributed by atoms with E-state index in [0.29, 0.717) is 11.5 Å². The van der Waals surface area contributed by atoms with E-state index < -0.39 is 12.1 Å². The number of halogens is 2. The van der Waals surface area contributed by atoms with Gasteiger partial charge in [-0.3, -0.25) is 0 Å². The van der Waals surface area contributed by atoms with Crippen LogP contribution in [0.1, 0.15) is 37.3 Å². The predicted octanol–water partition coefficient (Wildman–Crippen LogP) is 3.44. The van der Waals surface area contributed by atoms with Gasteiger partial charge in [0, 0.05) is 5.56 Å². The number of hydrogen-bond donors (Lipinski definition) is 2. The fourth-order valence-corrected chi connectivity index (χ4v) is 3.40. The molecule has 6 heteroatoms. The summed E-state index contributed by atoms with van der Waals surface area (Å²) in [6, 6.07) is 3.20. The molecule has 1 aliphatic rings. The van der Waals surface area contributed by atoms with Crippen LogP contribution >= 0.6 is 28.3 Å². The van der Waals surface area contributed by atoms with E-state index in [1.165, 1.54) is 12.8 Å². The minimum atomic E-state index is -0.544. The lowest BCUT2D eigenvalue weighted by Crippen LogP contribution is -2.32. The molecule has 0 heterocycles. The molecule has 0 spiro atoms. The molecule has 2 rings (SSSR count). The fraction of sp³-hybridized carbons (Fsp3) is 0.600. The Balaban J connectivity index is 0.00000220. The van der Waals surface area contributed by atoms with Crippen molar-refractivity contribution in [3.05, 3.63) is 22.2 Å². The number of ether oxygens (including phenoxy) is 2. The van der Waals surface area contributed by atoms with Gasteiger partial charge in [0.15, 0.2) is 0 Å². The van der Waals surface area contributed by atoms with Gasteiger partial charge in [0.2, 0.25) is 0 Å². The second-order valence-electron chi connectivity index (χ2n) is 5.29. The van der Waals surface area contributed by atoms with Crippen molar-refractivity contribution in [1.29, 1.82) is 0 Å². The summed E-state index contributed by atoms with van der Waals surface area (Å²) in [4.78, 5) is 0. The Morgan fingerprint density at radius 3 is 2.29 bits per heavy atom. The van der Waals surface area contributed by atoms with E-state index in [2.05, 4.69) is 15.9 Å². The molecule has 3 N–H and O–H groups in total. The van der Waals surface area contributed by atoms with Gasteiger partial charge >= 0.3 is 0 Å². The third-order valence-electron chi connectivity index (χ3n) is 4.11. The second-order valence-corrected chi connectivity index (χ2v) is 6.14. The van der Waals surface area contributed by atoms with Gasteiger partial charge in [-0.05, 0) is 46.8 Å². The third-order valence-corrected chi connectivity index (χ3v) is 4.73. The lowest BCUT2D eigenvalue weighted by molar-refractivity contribution is 0.0835. The zero-order valence-corrected chi connectivity index (χ0v) is 14.7. The van der Waals surface area contributed by atoms with Crippen LogP contribution < -0.4 is 15.2 Å². The molecular formula is C15H23BrClNO3. The molecule has 1 saturated carbocycles. The Morgan fingerprint density at radius 2 is 1.76 bits per heavy atom. The van der Waals surface area contributed by atoms with E-state index in [4.69, 9.17) is 15.2 Å². The summed E-state index contributed by atoms with van der Waals surface area (Å²) in [6.45, 7) is 0. The summed E-state index contributed by atoms with van der Waals surface area (Å²) >= 11 is 3.43. The van der Waals surface area contributed by atoms with Crippen molar-refractivity contribution in [1.82, 2.24) is 0 Å². The number of nitrogens with two attached hydrogens (primary N) is 1. The first-order valence-electron chi connectivity index (χ1n) is 6.93. The molecule has 0 aromatic heterocycles. The van der Waals surface area contributed by atoms with E-state index in [0.717, 1.165) is 22.9 Å². The molecule has 120 valence electrons. The summed E-state index contributed by atoms with van der Waals surface area (Å²) < 4.78 is 11.5. The highest BCUT2D eigenvalue weighted by Gasteiger charge is 2.30. The number of hydrogen-bond acceptors (Lipinski definition) is 4. The van der Waals surface area contributed by atoms with Crippen LogP contribution in [0.15, 0.2) is 16.6 Å². The zero-order valence-electron chi connectivity index (χ0n) is 12.3. The Kier molecular flexibility index (Phi) is 7.27. The highest BCUT2D eigenvalue weighted by Crippen LogP contribution is 2.39. The maximum atomic E-state index is 10.5. The van der Waals surface area contributed by atoms with Crippen molar-refractivity contribution in [3.63, 3.8) is 0 Å². The summed E-state index contributed by atoms with van der Waals surface area (Å²) in [5.41, 5.74) is 7.05. The number of rotatable bonds is 5. The van der Waals surface area contributed by atoms with Crippen molar-refractivity contribution in [2.75, 3.05) is 14.2 Å². The lowest BCUT2D eigenvalue weighted by Gasteiger charge is -2.26. The molecule has 0 aliphatic heterocycles. The Hall–Kier alpha value is -0.490. The first kappa shape index (κ1) is 18.6. The molecule has 1 aliphatic carbocycles. The fourth-order valence-electron chi connectivity index (χ4n) is 2.92. The monoisotopic (exact) mass is 379 g/mol. The number of methoxy groups -OCH3 is 2. The summed E-state index contributed by atoms with van der Waals surface area (Å²) in [6.07, 6.45) is 3.90. The van der Waals surface area contributed by atoms with Crippen LogP contribution in [0.2, 0.25) is 0 Å². The summed E-state index contributed by atoms with van der Waals surface area (Å²) in [5.74, 6) is 1.64. The summed E-state index contributed by atoms with van der Waals surface area (Å²) in [7, 11) is 3.21. The first-order chi connectivity index (χ1) is 9.58. The van der Waals surface area contributed by atoms with Crippen LogP contribution in [0, 0.1) is 5.92 Å². The normalized spacial score (nSPS) is 18.0. The smallest absolute Gasteiger partial charge is 0.133 e. The van der Waals surface area contributed by atoms with Crippen LogP contribution in [-0.4, -0.2) is 25.4 Å². The SMILES string of the molecule is COc1cc([C@H](N)[C@H](O)C2CCCC2)c(OC)cc1Br.Cl. The molecule has 1 aromatic carbocycles. The average molecular weight is 381 g/mol. The molecule has 0 radical (unpaired) electrons. The Morgan fingerprint density at radius 1 is 1.19 bits per heavy atom. The van der Waals surface area contributed by atoms with Gasteiger partial charge in [0.05, 0.1) is 30.8 Å². The van der Waals surface area contributed by atoms with Crippen LogP contribution in [0.5, 0.6) is 11.5 Å². The molecule has 21 heavy (non-hydrogen) atoms. The first-order valence-corrected chi connectivity index (χ1v) is 7.72. The van der Waals surface area contributed by atoms with Gasteiger partial charge in [-0.2, -0.15) is 0 Å². The molecule has 0 amide bonds. The predicted molar refractivity (Wildman–Crippen MR) is 89.4 cm³/mol. The van der Waals surface area contributed by atoms with Crippen molar-refractivity contribution < 1.29 is 14.6 Å². The van der Waals surface area contributed by atoms with Gasteiger partial charge in [0.25, 0.3) is 0 Å². The topological polar surface area (TPSA) is 64.7 Å². The highest BCUT2D eigenvalue weighted by atomic mass is 79.9. The van der Waals surface area contributed by atoms with Crippen LogP contribution in [0.25, 0.3) is 0 Å². The van der Waals surface area contributed by atoms with Crippen LogP contribution in [-0.2, 0) is 0 Å². The van der Waals surface area contributed by atoms with E-state index >= 15 is 0 Å². The van der Waals surface area contributed by atoms with E-state index in [1.807, 2.05) is 12.1 Å². The maximum Gasteiger partial charge on any atom is 0.133 e. The van der Waals surface area contributed by atoms with Crippen molar-refractivity contribution in [2.24, 2.45) is 11.7 Å². The molecule has 0 bridgehead atoms. The van der Waals surface area contributed by atoms with Crippen LogP contribution in [0.4, 0.5) is 0 Å². The zero-order chi connectivity index (χ0) is 14.7. The van der Waals surface area contributed by atoms with Gasteiger partial charge in [-0.25, -0.2) is 0 Å². The highest BCUT2D eigenvalue weighted by molar-refractivity contribution is 9.10. The van der Waals surface area contributed by atoms with Gasteiger partial charge < -0.3 is 20.3 Å². The quantitative estimate of drug-likeness (QED) is 0.821. The van der Waals surface area contributed by atoms with Gasteiger partial charge in [-0.15, -0.1) is 12.4 Å². The molecule has 1 aromatic rings. The van der Waals surface area contributed by atoms with Crippen molar-refractivity contribution in [3.8, 4) is 11.5 Å². The maximum absolute atomic E-state index is 10.5.